The summed E-state index contributed by atoms with van der Waals surface area (Å²) in [6.45, 7) is 0.260. The van der Waals surface area contributed by atoms with Gasteiger partial charge in [0.05, 0.1) is 11.2 Å². The van der Waals surface area contributed by atoms with E-state index in [1.165, 1.54) is 0 Å². The Hall–Kier alpha value is -1.38. The largest absolute Gasteiger partial charge is 0.482 e. The van der Waals surface area contributed by atoms with Crippen molar-refractivity contribution in [3.8, 4) is 5.75 Å². The summed E-state index contributed by atoms with van der Waals surface area (Å²) in [5.41, 5.74) is 1.08. The summed E-state index contributed by atoms with van der Waals surface area (Å²) >= 11 is 3.74. The van der Waals surface area contributed by atoms with Crippen molar-refractivity contribution in [1.82, 2.24) is 5.32 Å². The van der Waals surface area contributed by atoms with Gasteiger partial charge in [-0.2, -0.15) is 0 Å². The van der Waals surface area contributed by atoms with E-state index in [4.69, 9.17) is 14.2 Å². The molecule has 6 nitrogen and oxygen atoms in total. The van der Waals surface area contributed by atoms with E-state index in [0.29, 0.717) is 23.5 Å². The fourth-order valence-electron chi connectivity index (χ4n) is 2.01. The maximum Gasteiger partial charge on any atom is 0.344 e. The first-order valence-electron chi connectivity index (χ1n) is 7.57. The molecule has 24 heavy (non-hydrogen) atoms. The Morgan fingerprint density at radius 1 is 1.21 bits per heavy atom. The third-order valence-corrected chi connectivity index (χ3v) is 6.20. The first-order chi connectivity index (χ1) is 11.7. The van der Waals surface area contributed by atoms with Crippen LogP contribution in [0.4, 0.5) is 0 Å². The van der Waals surface area contributed by atoms with E-state index in [9.17, 15) is 9.59 Å². The molecule has 1 aliphatic rings. The molecule has 1 amide bonds. The van der Waals surface area contributed by atoms with Crippen molar-refractivity contribution in [2.75, 3.05) is 45.0 Å². The Kier molecular flexibility index (Phi) is 8.27. The van der Waals surface area contributed by atoms with Gasteiger partial charge in [0.25, 0.3) is 5.91 Å². The molecule has 132 valence electrons. The zero-order valence-electron chi connectivity index (χ0n) is 13.5. The molecule has 1 aliphatic heterocycles. The smallest absolute Gasteiger partial charge is 0.344 e. The van der Waals surface area contributed by atoms with E-state index in [2.05, 4.69) is 5.32 Å². The van der Waals surface area contributed by atoms with E-state index >= 15 is 0 Å². The summed E-state index contributed by atoms with van der Waals surface area (Å²) in [6.07, 6.45) is 0. The van der Waals surface area contributed by atoms with Crippen LogP contribution in [-0.2, 0) is 19.1 Å². The molecule has 0 aliphatic carbocycles. The van der Waals surface area contributed by atoms with Crippen molar-refractivity contribution in [3.63, 3.8) is 0 Å². The van der Waals surface area contributed by atoms with Crippen LogP contribution in [0.25, 0.3) is 0 Å². The summed E-state index contributed by atoms with van der Waals surface area (Å²) in [7, 11) is 1.55. The van der Waals surface area contributed by atoms with Crippen molar-refractivity contribution >= 4 is 35.4 Å². The minimum absolute atomic E-state index is 0.218. The standard InChI is InChI=1S/C16H21NO5S2/c1-20-7-6-17-14(18)10-22-15(19)11-21-13-5-3-2-4-12(13)16-23-8-9-24-16/h2-5,16H,6-11H2,1H3,(H,17,18). The highest BCUT2D eigenvalue weighted by atomic mass is 32.2. The van der Waals surface area contributed by atoms with Crippen LogP contribution < -0.4 is 10.1 Å². The second-order valence-corrected chi connectivity index (χ2v) is 7.63. The molecule has 1 aromatic carbocycles. The average molecular weight is 371 g/mol. The van der Waals surface area contributed by atoms with Gasteiger partial charge in [-0.15, -0.1) is 23.5 Å². The number of para-hydroxylation sites is 1. The predicted octanol–water partition coefficient (Wildman–Crippen LogP) is 1.85. The Bertz CT molecular complexity index is 549. The summed E-state index contributed by atoms with van der Waals surface area (Å²) < 4.78 is 15.6. The van der Waals surface area contributed by atoms with Gasteiger partial charge in [-0.1, -0.05) is 18.2 Å². The van der Waals surface area contributed by atoms with Gasteiger partial charge in [-0.3, -0.25) is 4.79 Å². The number of esters is 1. The molecule has 0 atom stereocenters. The average Bonchev–Trinajstić information content (AvgIpc) is 3.13. The molecule has 1 heterocycles. The first kappa shape index (κ1) is 19.0. The van der Waals surface area contributed by atoms with Crippen molar-refractivity contribution in [1.29, 1.82) is 0 Å². The van der Waals surface area contributed by atoms with Crippen molar-refractivity contribution in [2.45, 2.75) is 4.58 Å². The maximum atomic E-state index is 11.7. The Balaban J connectivity index is 1.75. The summed E-state index contributed by atoms with van der Waals surface area (Å²) in [5.74, 6) is 1.98. The summed E-state index contributed by atoms with van der Waals surface area (Å²) in [6, 6.07) is 7.70. The topological polar surface area (TPSA) is 73.9 Å². The lowest BCUT2D eigenvalue weighted by Gasteiger charge is -2.14. The Labute approximate surface area is 150 Å². The van der Waals surface area contributed by atoms with Gasteiger partial charge in [0.15, 0.2) is 13.2 Å². The molecule has 0 spiro atoms. The Morgan fingerprint density at radius 2 is 1.96 bits per heavy atom. The van der Waals surface area contributed by atoms with Crippen molar-refractivity contribution in [2.24, 2.45) is 0 Å². The molecule has 0 aromatic heterocycles. The number of amides is 1. The fourth-order valence-corrected chi connectivity index (χ4v) is 4.92. The van der Waals surface area contributed by atoms with Crippen LogP contribution in [0.2, 0.25) is 0 Å². The van der Waals surface area contributed by atoms with Crippen LogP contribution in [0.3, 0.4) is 0 Å². The number of hydrogen-bond acceptors (Lipinski definition) is 7. The lowest BCUT2D eigenvalue weighted by Crippen LogP contribution is -2.32. The molecule has 1 saturated heterocycles. The van der Waals surface area contributed by atoms with Gasteiger partial charge in [-0.25, -0.2) is 4.79 Å². The second kappa shape index (κ2) is 10.5. The second-order valence-electron chi connectivity index (χ2n) is 4.90. The molecule has 1 fully saturated rings. The minimum atomic E-state index is -0.571. The zero-order chi connectivity index (χ0) is 17.2. The molecule has 8 heteroatoms. The number of benzene rings is 1. The van der Waals surface area contributed by atoms with Crippen LogP contribution in [0.1, 0.15) is 10.1 Å². The molecule has 1 aromatic rings. The molecule has 0 unspecified atom stereocenters. The maximum absolute atomic E-state index is 11.7. The monoisotopic (exact) mass is 371 g/mol. The van der Waals surface area contributed by atoms with Gasteiger partial charge in [0.1, 0.15) is 5.75 Å². The van der Waals surface area contributed by atoms with Crippen LogP contribution in [-0.4, -0.2) is 56.9 Å². The highest BCUT2D eigenvalue weighted by Gasteiger charge is 2.22. The third-order valence-electron chi connectivity index (χ3n) is 3.13. The lowest BCUT2D eigenvalue weighted by molar-refractivity contribution is -0.150. The van der Waals surface area contributed by atoms with E-state index in [1.807, 2.05) is 47.8 Å². The van der Waals surface area contributed by atoms with Gasteiger partial charge in [-0.05, 0) is 6.07 Å². The van der Waals surface area contributed by atoms with Gasteiger partial charge in [0, 0.05) is 30.7 Å². The quantitative estimate of drug-likeness (QED) is 0.524. The molecule has 0 bridgehead atoms. The number of thioether (sulfide) groups is 2. The molecule has 0 radical (unpaired) electrons. The number of ether oxygens (including phenoxy) is 3. The predicted molar refractivity (Wildman–Crippen MR) is 95.4 cm³/mol. The van der Waals surface area contributed by atoms with Crippen LogP contribution in [0.15, 0.2) is 24.3 Å². The van der Waals surface area contributed by atoms with Crippen LogP contribution in [0.5, 0.6) is 5.75 Å². The Morgan fingerprint density at radius 3 is 2.71 bits per heavy atom. The number of carbonyl (C=O) groups excluding carboxylic acids is 2. The molecule has 2 rings (SSSR count). The molecule has 0 saturated carbocycles. The summed E-state index contributed by atoms with van der Waals surface area (Å²) in [5, 5.41) is 2.57. The number of rotatable bonds is 9. The molecular weight excluding hydrogens is 350 g/mol. The fraction of sp³-hybridized carbons (Fsp3) is 0.500. The number of carbonyl (C=O) groups is 2. The number of methoxy groups -OCH3 is 1. The van der Waals surface area contributed by atoms with E-state index in [-0.39, 0.29) is 19.1 Å². The third kappa shape index (κ3) is 6.26. The first-order valence-corrected chi connectivity index (χ1v) is 9.66. The zero-order valence-corrected chi connectivity index (χ0v) is 15.1. The van der Waals surface area contributed by atoms with Crippen molar-refractivity contribution in [3.05, 3.63) is 29.8 Å². The van der Waals surface area contributed by atoms with Gasteiger partial charge < -0.3 is 19.5 Å². The van der Waals surface area contributed by atoms with Crippen LogP contribution >= 0.6 is 23.5 Å². The highest BCUT2D eigenvalue weighted by molar-refractivity contribution is 8.19. The lowest BCUT2D eigenvalue weighted by atomic mass is 10.2. The van der Waals surface area contributed by atoms with E-state index in [1.54, 1.807) is 7.11 Å². The minimum Gasteiger partial charge on any atom is -0.482 e. The normalized spacial score (nSPS) is 14.4. The van der Waals surface area contributed by atoms with Gasteiger partial charge >= 0.3 is 5.97 Å². The summed E-state index contributed by atoms with van der Waals surface area (Å²) in [4.78, 5) is 23.2. The van der Waals surface area contributed by atoms with E-state index < -0.39 is 5.97 Å². The van der Waals surface area contributed by atoms with Crippen LogP contribution in [0, 0.1) is 0 Å². The molecule has 1 N–H and O–H groups in total. The SMILES string of the molecule is COCCNC(=O)COC(=O)COc1ccccc1C1SCCS1. The molecular formula is C16H21NO5S2. The number of nitrogens with one attached hydrogen (secondary N) is 1. The van der Waals surface area contributed by atoms with E-state index in [0.717, 1.165) is 17.1 Å². The van der Waals surface area contributed by atoms with Gasteiger partial charge in [0.2, 0.25) is 0 Å². The highest BCUT2D eigenvalue weighted by Crippen LogP contribution is 2.48. The number of hydrogen-bond donors (Lipinski definition) is 1. The van der Waals surface area contributed by atoms with Crippen molar-refractivity contribution < 1.29 is 23.8 Å².